The van der Waals surface area contributed by atoms with E-state index in [0.29, 0.717) is 19.3 Å². The van der Waals surface area contributed by atoms with E-state index in [0.717, 1.165) is 116 Å². The molecule has 75 heavy (non-hydrogen) atoms. The van der Waals surface area contributed by atoms with Crippen molar-refractivity contribution < 1.29 is 28.6 Å². The average Bonchev–Trinajstić information content (AvgIpc) is 3.41. The summed E-state index contributed by atoms with van der Waals surface area (Å²) >= 11 is 0. The van der Waals surface area contributed by atoms with Crippen molar-refractivity contribution in [3.8, 4) is 0 Å². The van der Waals surface area contributed by atoms with Crippen LogP contribution in [0.4, 0.5) is 0 Å². The molecule has 0 aromatic carbocycles. The smallest absolute Gasteiger partial charge is 0.306 e. The molecule has 0 heterocycles. The van der Waals surface area contributed by atoms with Gasteiger partial charge in [-0.05, 0) is 135 Å². The molecule has 0 aliphatic carbocycles. The first-order valence-corrected chi connectivity index (χ1v) is 30.3. The van der Waals surface area contributed by atoms with Gasteiger partial charge in [-0.2, -0.15) is 0 Å². The van der Waals surface area contributed by atoms with Crippen LogP contribution in [0.25, 0.3) is 0 Å². The molecule has 0 saturated heterocycles. The zero-order valence-electron chi connectivity index (χ0n) is 48.3. The van der Waals surface area contributed by atoms with Gasteiger partial charge >= 0.3 is 17.9 Å². The number of ether oxygens (including phenoxy) is 3. The van der Waals surface area contributed by atoms with Crippen molar-refractivity contribution in [1.29, 1.82) is 0 Å². The molecule has 0 rings (SSSR count). The topological polar surface area (TPSA) is 78.9 Å². The molecule has 0 aliphatic rings. The summed E-state index contributed by atoms with van der Waals surface area (Å²) < 4.78 is 16.8. The van der Waals surface area contributed by atoms with Crippen LogP contribution in [-0.4, -0.2) is 37.2 Å². The van der Waals surface area contributed by atoms with E-state index in [1.165, 1.54) is 83.5 Å². The van der Waals surface area contributed by atoms with Crippen LogP contribution >= 0.6 is 0 Å². The molecule has 6 heteroatoms. The molecule has 0 spiro atoms. The number of carbonyl (C=O) groups is 3. The summed E-state index contributed by atoms with van der Waals surface area (Å²) in [6.45, 7) is 6.32. The summed E-state index contributed by atoms with van der Waals surface area (Å²) in [6, 6.07) is 0. The highest BCUT2D eigenvalue weighted by Crippen LogP contribution is 2.14. The first kappa shape index (κ1) is 70.3. The molecule has 0 amide bonds. The second-order valence-electron chi connectivity index (χ2n) is 19.5. The first-order valence-electron chi connectivity index (χ1n) is 30.3. The number of esters is 3. The van der Waals surface area contributed by atoms with Gasteiger partial charge in [0.05, 0.1) is 0 Å². The summed E-state index contributed by atoms with van der Waals surface area (Å²) in [7, 11) is 0. The Kier molecular flexibility index (Phi) is 58.0. The Morgan fingerprint density at radius 3 is 0.880 bits per heavy atom. The van der Waals surface area contributed by atoms with Gasteiger partial charge in [-0.15, -0.1) is 0 Å². The molecule has 0 aromatic heterocycles. The van der Waals surface area contributed by atoms with Crippen LogP contribution in [0.15, 0.2) is 146 Å². The fourth-order valence-electron chi connectivity index (χ4n) is 7.83. The van der Waals surface area contributed by atoms with Crippen LogP contribution in [0.2, 0.25) is 0 Å². The van der Waals surface area contributed by atoms with Crippen LogP contribution in [0.1, 0.15) is 252 Å². The number of carbonyl (C=O) groups excluding carboxylic acids is 3. The molecule has 0 aromatic rings. The third kappa shape index (κ3) is 60.0. The Balaban J connectivity index is 4.54. The van der Waals surface area contributed by atoms with E-state index < -0.39 is 6.10 Å². The minimum atomic E-state index is -0.828. The highest BCUT2D eigenvalue weighted by atomic mass is 16.6. The van der Waals surface area contributed by atoms with E-state index in [9.17, 15) is 14.4 Å². The lowest BCUT2D eigenvalue weighted by atomic mass is 10.1. The Morgan fingerprint density at radius 1 is 0.280 bits per heavy atom. The second-order valence-corrected chi connectivity index (χ2v) is 19.5. The van der Waals surface area contributed by atoms with Crippen molar-refractivity contribution in [2.24, 2.45) is 0 Å². The van der Waals surface area contributed by atoms with E-state index in [1.807, 2.05) is 0 Å². The van der Waals surface area contributed by atoms with E-state index in [4.69, 9.17) is 14.2 Å². The molecule has 0 aliphatic heterocycles. The molecule has 422 valence electrons. The molecule has 0 radical (unpaired) electrons. The van der Waals surface area contributed by atoms with Crippen LogP contribution in [-0.2, 0) is 28.6 Å². The van der Waals surface area contributed by atoms with Crippen molar-refractivity contribution in [2.75, 3.05) is 13.2 Å². The van der Waals surface area contributed by atoms with Crippen molar-refractivity contribution in [1.82, 2.24) is 0 Å². The maximum atomic E-state index is 12.9. The Bertz CT molecular complexity index is 1660. The van der Waals surface area contributed by atoms with Gasteiger partial charge in [0, 0.05) is 19.3 Å². The van der Waals surface area contributed by atoms with Crippen molar-refractivity contribution in [3.05, 3.63) is 146 Å². The summed E-state index contributed by atoms with van der Waals surface area (Å²) in [5, 5.41) is 0. The quantitative estimate of drug-likeness (QED) is 0.0261. The van der Waals surface area contributed by atoms with Gasteiger partial charge in [-0.1, -0.05) is 244 Å². The minimum Gasteiger partial charge on any atom is -0.462 e. The summed E-state index contributed by atoms with van der Waals surface area (Å²) in [4.78, 5) is 38.3. The van der Waals surface area contributed by atoms with E-state index in [-0.39, 0.29) is 44.0 Å². The van der Waals surface area contributed by atoms with Crippen molar-refractivity contribution >= 4 is 17.9 Å². The lowest BCUT2D eigenvalue weighted by Crippen LogP contribution is -2.30. The number of rotatable bonds is 53. The van der Waals surface area contributed by atoms with Gasteiger partial charge in [0.1, 0.15) is 13.2 Å². The zero-order valence-corrected chi connectivity index (χ0v) is 48.3. The van der Waals surface area contributed by atoms with Crippen LogP contribution in [0, 0.1) is 0 Å². The van der Waals surface area contributed by atoms with E-state index in [1.54, 1.807) is 0 Å². The number of hydrogen-bond acceptors (Lipinski definition) is 6. The van der Waals surface area contributed by atoms with Crippen LogP contribution in [0.5, 0.6) is 0 Å². The van der Waals surface area contributed by atoms with Crippen molar-refractivity contribution in [3.63, 3.8) is 0 Å². The molecule has 6 nitrogen and oxygen atoms in total. The monoisotopic (exact) mass is 1030 g/mol. The molecule has 1 unspecified atom stereocenters. The molecule has 0 saturated carbocycles. The fraction of sp³-hybridized carbons (Fsp3) is 0.609. The Morgan fingerprint density at radius 2 is 0.533 bits per heavy atom. The predicted molar refractivity (Wildman–Crippen MR) is 325 cm³/mol. The highest BCUT2D eigenvalue weighted by molar-refractivity contribution is 5.71. The summed E-state index contributed by atoms with van der Waals surface area (Å²) in [6.07, 6.45) is 88.5. The Labute approximate surface area is 461 Å². The molecule has 0 fully saturated rings. The molecule has 1 atom stereocenters. The third-order valence-corrected chi connectivity index (χ3v) is 12.3. The number of hydrogen-bond donors (Lipinski definition) is 0. The minimum absolute atomic E-state index is 0.117. The Hall–Kier alpha value is -4.71. The SMILES string of the molecule is CC/C=C\C/C=C\C/C=C\C/C=C\C/C=C\CCCCCC(=O)OC(COC(=O)CCC/C=C\C/C=C\C/C=C\C/C=C\C/C=C\CC)COC(=O)CCCCCCCCCCC/C=C\C/C=C\CCCCCCC. The standard InChI is InChI=1S/C69H110O6/c1-4-7-10-13-16-19-22-25-28-31-33-34-36-38-41-44-47-50-53-56-59-62-68(71)74-65-66(64-73-67(70)61-58-55-52-49-46-43-40-37-30-27-24-21-18-15-12-9-6-3)75-69(72)63-60-57-54-51-48-45-42-39-35-32-29-26-23-20-17-14-11-8-5-2/h8-9,11-12,17-18,20-22,25-27,29-31,33,35,39-40,43,45,48-49,52,66H,4-7,10,13-16,19,23-24,28,32,34,36-38,41-42,44,46-47,50-51,53-65H2,1-3H3/b11-8-,12-9-,20-17-,21-18-,25-22-,29-26-,30-27-,33-31-,39-35-,43-40-,48-45-,52-49-. The van der Waals surface area contributed by atoms with Gasteiger partial charge in [0.2, 0.25) is 0 Å². The lowest BCUT2D eigenvalue weighted by molar-refractivity contribution is -0.167. The van der Waals surface area contributed by atoms with Gasteiger partial charge in [-0.3, -0.25) is 14.4 Å². The van der Waals surface area contributed by atoms with E-state index in [2.05, 4.69) is 167 Å². The molecule has 0 bridgehead atoms. The second kappa shape index (κ2) is 61.8. The van der Waals surface area contributed by atoms with E-state index >= 15 is 0 Å². The summed E-state index contributed by atoms with van der Waals surface area (Å²) in [5.41, 5.74) is 0. The lowest BCUT2D eigenvalue weighted by Gasteiger charge is -2.18. The van der Waals surface area contributed by atoms with Gasteiger partial charge in [-0.25, -0.2) is 0 Å². The van der Waals surface area contributed by atoms with Gasteiger partial charge in [0.25, 0.3) is 0 Å². The van der Waals surface area contributed by atoms with Gasteiger partial charge in [0.15, 0.2) is 6.10 Å². The number of unbranched alkanes of at least 4 members (excludes halogenated alkanes) is 18. The third-order valence-electron chi connectivity index (χ3n) is 12.3. The maximum absolute atomic E-state index is 12.9. The predicted octanol–water partition coefficient (Wildman–Crippen LogP) is 20.8. The summed E-state index contributed by atoms with van der Waals surface area (Å²) in [5.74, 6) is -1.02. The normalized spacial score (nSPS) is 13.2. The molecular weight excluding hydrogens is 925 g/mol. The molecular formula is C69H110O6. The largest absolute Gasteiger partial charge is 0.462 e. The average molecular weight is 1040 g/mol. The first-order chi connectivity index (χ1) is 37.0. The molecule has 0 N–H and O–H groups in total. The maximum Gasteiger partial charge on any atom is 0.306 e. The number of allylic oxidation sites excluding steroid dienone is 24. The van der Waals surface area contributed by atoms with Crippen LogP contribution < -0.4 is 0 Å². The highest BCUT2D eigenvalue weighted by Gasteiger charge is 2.19. The zero-order chi connectivity index (χ0) is 54.3. The van der Waals surface area contributed by atoms with Crippen molar-refractivity contribution in [2.45, 2.75) is 258 Å². The fourth-order valence-corrected chi connectivity index (χ4v) is 7.83. The van der Waals surface area contributed by atoms with Crippen LogP contribution in [0.3, 0.4) is 0 Å². The van der Waals surface area contributed by atoms with Gasteiger partial charge < -0.3 is 14.2 Å².